The summed E-state index contributed by atoms with van der Waals surface area (Å²) >= 11 is 4.91. The monoisotopic (exact) mass is 442 g/mol. The fraction of sp³-hybridized carbons (Fsp3) is 0.353. The highest BCUT2D eigenvalue weighted by Crippen LogP contribution is 2.34. The van der Waals surface area contributed by atoms with Gasteiger partial charge in [0.25, 0.3) is 0 Å². The number of benzene rings is 1. The van der Waals surface area contributed by atoms with Gasteiger partial charge in [0.1, 0.15) is 0 Å². The number of carbonyl (C=O) groups excluding carboxylic acids is 1. The predicted octanol–water partition coefficient (Wildman–Crippen LogP) is 3.63. The first-order valence-corrected chi connectivity index (χ1v) is 10.9. The molecule has 3 rings (SSSR count). The molecule has 1 aliphatic heterocycles. The summed E-state index contributed by atoms with van der Waals surface area (Å²) in [6, 6.07) is 8.90. The Labute approximate surface area is 160 Å². The Balaban J connectivity index is 1.89. The Morgan fingerprint density at radius 2 is 2.08 bits per heavy atom. The summed E-state index contributed by atoms with van der Waals surface area (Å²) in [7, 11) is -2.00. The number of fused-ring (bicyclic) bond motifs is 1. The second-order valence-electron chi connectivity index (χ2n) is 6.20. The molecule has 134 valence electrons. The maximum atomic E-state index is 12.9. The van der Waals surface area contributed by atoms with Crippen LogP contribution in [0.3, 0.4) is 0 Å². The van der Waals surface area contributed by atoms with Crippen LogP contribution < -0.4 is 4.90 Å². The van der Waals surface area contributed by atoms with Gasteiger partial charge in [-0.1, -0.05) is 0 Å². The van der Waals surface area contributed by atoms with Crippen LogP contribution in [-0.2, 0) is 27.8 Å². The van der Waals surface area contributed by atoms with E-state index in [1.165, 1.54) is 22.6 Å². The van der Waals surface area contributed by atoms with E-state index in [2.05, 4.69) is 15.9 Å². The van der Waals surface area contributed by atoms with Crippen molar-refractivity contribution in [2.75, 3.05) is 11.9 Å². The molecule has 0 radical (unpaired) electrons. The van der Waals surface area contributed by atoms with Gasteiger partial charge in [0.15, 0.2) is 0 Å². The Morgan fingerprint density at radius 1 is 1.36 bits per heavy atom. The summed E-state index contributed by atoms with van der Waals surface area (Å²) in [6.07, 6.45) is 0.667. The highest BCUT2D eigenvalue weighted by molar-refractivity contribution is 9.11. The van der Waals surface area contributed by atoms with E-state index < -0.39 is 10.0 Å². The van der Waals surface area contributed by atoms with E-state index >= 15 is 0 Å². The van der Waals surface area contributed by atoms with Crippen LogP contribution in [0.4, 0.5) is 5.69 Å². The molecule has 1 aromatic carbocycles. The van der Waals surface area contributed by atoms with Crippen molar-refractivity contribution in [2.45, 2.75) is 37.8 Å². The molecule has 25 heavy (non-hydrogen) atoms. The van der Waals surface area contributed by atoms with E-state index in [1.54, 1.807) is 30.1 Å². The lowest BCUT2D eigenvalue weighted by Crippen LogP contribution is -2.33. The molecular formula is C17H19BrN2O3S2. The molecule has 1 aromatic heterocycles. The summed E-state index contributed by atoms with van der Waals surface area (Å²) < 4.78 is 28.1. The van der Waals surface area contributed by atoms with Crippen molar-refractivity contribution in [3.63, 3.8) is 0 Å². The number of thiophene rings is 1. The van der Waals surface area contributed by atoms with Crippen molar-refractivity contribution in [1.29, 1.82) is 0 Å². The first kappa shape index (κ1) is 18.6. The average molecular weight is 443 g/mol. The van der Waals surface area contributed by atoms with Crippen LogP contribution in [0, 0.1) is 0 Å². The van der Waals surface area contributed by atoms with Crippen molar-refractivity contribution in [3.05, 3.63) is 44.6 Å². The molecule has 5 nitrogen and oxygen atoms in total. The van der Waals surface area contributed by atoms with Gasteiger partial charge in [-0.2, -0.15) is 4.31 Å². The van der Waals surface area contributed by atoms with E-state index in [-0.39, 0.29) is 16.8 Å². The minimum Gasteiger partial charge on any atom is -0.309 e. The Bertz CT molecular complexity index is 924. The summed E-state index contributed by atoms with van der Waals surface area (Å²) in [5.74, 6) is -0.0257. The lowest BCUT2D eigenvalue weighted by atomic mass is 10.1. The SMILES string of the molecule is CC(=O)N1c2ccc(S(=O)(=O)N(C)Cc3ccc(Br)s3)cc2CC1C. The summed E-state index contributed by atoms with van der Waals surface area (Å²) in [4.78, 5) is 14.8. The smallest absolute Gasteiger partial charge is 0.243 e. The molecule has 0 bridgehead atoms. The lowest BCUT2D eigenvalue weighted by molar-refractivity contribution is -0.116. The lowest BCUT2D eigenvalue weighted by Gasteiger charge is -2.21. The Morgan fingerprint density at radius 3 is 2.68 bits per heavy atom. The summed E-state index contributed by atoms with van der Waals surface area (Å²) in [6.45, 7) is 3.82. The number of halogens is 1. The van der Waals surface area contributed by atoms with Gasteiger partial charge in [0.2, 0.25) is 15.9 Å². The number of rotatable bonds is 4. The zero-order valence-electron chi connectivity index (χ0n) is 14.2. The van der Waals surface area contributed by atoms with Crippen LogP contribution >= 0.6 is 27.3 Å². The minimum absolute atomic E-state index is 0.0257. The third-order valence-electron chi connectivity index (χ3n) is 4.32. The average Bonchev–Trinajstić information content (AvgIpc) is 3.08. The molecule has 1 aliphatic rings. The van der Waals surface area contributed by atoms with Gasteiger partial charge in [-0.05, 0) is 65.2 Å². The first-order chi connectivity index (χ1) is 11.7. The first-order valence-electron chi connectivity index (χ1n) is 7.83. The second-order valence-corrected chi connectivity index (χ2v) is 10.8. The van der Waals surface area contributed by atoms with Crippen molar-refractivity contribution >= 4 is 48.9 Å². The van der Waals surface area contributed by atoms with Gasteiger partial charge in [-0.25, -0.2) is 8.42 Å². The van der Waals surface area contributed by atoms with Crippen molar-refractivity contribution in [3.8, 4) is 0 Å². The second kappa shape index (κ2) is 6.83. The number of hydrogen-bond donors (Lipinski definition) is 0. The fourth-order valence-corrected chi connectivity index (χ4v) is 5.99. The number of sulfonamides is 1. The van der Waals surface area contributed by atoms with Crippen LogP contribution in [0.15, 0.2) is 39.0 Å². The molecule has 1 unspecified atom stereocenters. The molecule has 0 N–H and O–H groups in total. The number of carbonyl (C=O) groups is 1. The number of hydrogen-bond acceptors (Lipinski definition) is 4. The molecule has 1 atom stereocenters. The topological polar surface area (TPSA) is 57.7 Å². The maximum Gasteiger partial charge on any atom is 0.243 e. The van der Waals surface area contributed by atoms with Crippen LogP contribution in [0.2, 0.25) is 0 Å². The zero-order chi connectivity index (χ0) is 18.4. The van der Waals surface area contributed by atoms with Gasteiger partial charge in [-0.3, -0.25) is 4.79 Å². The Kier molecular flexibility index (Phi) is 5.07. The molecule has 0 fully saturated rings. The van der Waals surface area contributed by atoms with Crippen molar-refractivity contribution in [1.82, 2.24) is 4.31 Å². The largest absolute Gasteiger partial charge is 0.309 e. The van der Waals surface area contributed by atoms with E-state index in [4.69, 9.17) is 0 Å². The van der Waals surface area contributed by atoms with Crippen LogP contribution in [-0.4, -0.2) is 31.7 Å². The van der Waals surface area contributed by atoms with Crippen LogP contribution in [0.5, 0.6) is 0 Å². The third-order valence-corrected chi connectivity index (χ3v) is 7.73. The van der Waals surface area contributed by atoms with Crippen LogP contribution in [0.25, 0.3) is 0 Å². The molecule has 0 aliphatic carbocycles. The highest BCUT2D eigenvalue weighted by atomic mass is 79.9. The van der Waals surface area contributed by atoms with E-state index in [9.17, 15) is 13.2 Å². The van der Waals surface area contributed by atoms with E-state index in [0.717, 1.165) is 19.9 Å². The van der Waals surface area contributed by atoms with Crippen LogP contribution in [0.1, 0.15) is 24.3 Å². The van der Waals surface area contributed by atoms with Crippen molar-refractivity contribution < 1.29 is 13.2 Å². The molecule has 0 saturated carbocycles. The standard InChI is InChI=1S/C17H19BrN2O3S2/c1-11-8-13-9-15(5-6-16(13)20(11)12(2)21)25(22,23)19(3)10-14-4-7-17(18)24-14/h4-7,9,11H,8,10H2,1-3H3. The summed E-state index contributed by atoms with van der Waals surface area (Å²) in [5.41, 5.74) is 1.71. The number of nitrogens with zero attached hydrogens (tertiary/aromatic N) is 2. The summed E-state index contributed by atoms with van der Waals surface area (Å²) in [5, 5.41) is 0. The quantitative estimate of drug-likeness (QED) is 0.725. The fourth-order valence-electron chi connectivity index (χ4n) is 3.17. The normalized spacial score (nSPS) is 17.2. The zero-order valence-corrected chi connectivity index (χ0v) is 17.4. The number of anilines is 1. The molecule has 0 spiro atoms. The Hall–Kier alpha value is -1.22. The molecule has 2 heterocycles. The molecule has 0 saturated heterocycles. The van der Waals surface area contributed by atoms with Gasteiger partial charge >= 0.3 is 0 Å². The van der Waals surface area contributed by atoms with Crippen molar-refractivity contribution in [2.24, 2.45) is 0 Å². The predicted molar refractivity (Wildman–Crippen MR) is 103 cm³/mol. The van der Waals surface area contributed by atoms with Gasteiger partial charge in [0.05, 0.1) is 8.68 Å². The number of amides is 1. The molecule has 2 aromatic rings. The van der Waals surface area contributed by atoms with E-state index in [0.29, 0.717) is 13.0 Å². The molecular weight excluding hydrogens is 424 g/mol. The highest BCUT2D eigenvalue weighted by Gasteiger charge is 2.31. The van der Waals surface area contributed by atoms with Gasteiger partial charge < -0.3 is 4.90 Å². The maximum absolute atomic E-state index is 12.9. The molecule has 8 heteroatoms. The van der Waals surface area contributed by atoms with Gasteiger partial charge in [0, 0.05) is 37.1 Å². The van der Waals surface area contributed by atoms with E-state index in [1.807, 2.05) is 19.1 Å². The molecule has 1 amide bonds. The minimum atomic E-state index is -3.58. The third kappa shape index (κ3) is 3.53. The van der Waals surface area contributed by atoms with Gasteiger partial charge in [-0.15, -0.1) is 11.3 Å².